The fourth-order valence-electron chi connectivity index (χ4n) is 3.04. The average molecular weight is 467 g/mol. The molecule has 0 unspecified atom stereocenters. The Morgan fingerprint density at radius 2 is 0.963 bits per heavy atom. The van der Waals surface area contributed by atoms with E-state index in [4.69, 9.17) is 6.15 Å². The van der Waals surface area contributed by atoms with Crippen molar-refractivity contribution < 1.29 is 6.15 Å². The third kappa shape index (κ3) is 5.55. The first kappa shape index (κ1) is 21.4. The molecule has 0 heterocycles. The predicted octanol–water partition coefficient (Wildman–Crippen LogP) is 6.35. The molecule has 0 N–H and O–H groups in total. The standard InChI is InChI=1S/2C7H7O.2C5H7.Sn/c2*8-6-7-4-2-1-3-5-7;2*1-3-5-4-2;/h2*1-5H,6H2;2*3-5H,1-2H2;/q2*-1;;;+2. The van der Waals surface area contributed by atoms with Crippen molar-refractivity contribution in [3.63, 3.8) is 0 Å². The second-order valence-electron chi connectivity index (χ2n) is 6.26. The number of allylic oxidation sites excluding steroid dienone is 4. The van der Waals surface area contributed by atoms with Crippen LogP contribution in [0.2, 0.25) is 7.87 Å². The SMILES string of the molecule is C=C[CH](C=C)[Sn]([O]Cc1ccccc1)([O]Cc1ccccc1)[CH](C=C)C=C. The van der Waals surface area contributed by atoms with Gasteiger partial charge in [-0.1, -0.05) is 0 Å². The van der Waals surface area contributed by atoms with Crippen molar-refractivity contribution in [2.45, 2.75) is 21.1 Å². The zero-order valence-electron chi connectivity index (χ0n) is 15.8. The summed E-state index contributed by atoms with van der Waals surface area (Å²) in [5.41, 5.74) is 2.22. The van der Waals surface area contributed by atoms with Gasteiger partial charge in [0.1, 0.15) is 0 Å². The molecule has 2 rings (SSSR count). The zero-order valence-corrected chi connectivity index (χ0v) is 18.7. The molecule has 0 saturated carbocycles. The molecule has 0 aromatic heterocycles. The van der Waals surface area contributed by atoms with Gasteiger partial charge in [-0.15, -0.1) is 0 Å². The van der Waals surface area contributed by atoms with Gasteiger partial charge in [0.25, 0.3) is 0 Å². The molecule has 0 bridgehead atoms. The topological polar surface area (TPSA) is 18.5 Å². The first-order valence-corrected chi connectivity index (χ1v) is 14.7. The van der Waals surface area contributed by atoms with E-state index in [1.807, 2.05) is 60.7 Å². The molecule has 2 aromatic rings. The van der Waals surface area contributed by atoms with Gasteiger partial charge in [-0.3, -0.25) is 0 Å². The van der Waals surface area contributed by atoms with Crippen LogP contribution in [-0.2, 0) is 19.4 Å². The maximum atomic E-state index is 6.63. The van der Waals surface area contributed by atoms with E-state index < -0.39 is 19.2 Å². The summed E-state index contributed by atoms with van der Waals surface area (Å²) in [6.45, 7) is 17.0. The molecule has 0 aliphatic rings. The Balaban J connectivity index is 2.37. The summed E-state index contributed by atoms with van der Waals surface area (Å²) in [4.78, 5) is 0. The van der Waals surface area contributed by atoms with Crippen LogP contribution in [0.25, 0.3) is 0 Å². The Morgan fingerprint density at radius 3 is 1.26 bits per heavy atom. The minimum absolute atomic E-state index is 0.0345. The third-order valence-electron chi connectivity index (χ3n) is 4.56. The van der Waals surface area contributed by atoms with E-state index in [0.717, 1.165) is 11.1 Å². The molecule has 0 aliphatic carbocycles. The van der Waals surface area contributed by atoms with Crippen molar-refractivity contribution in [1.29, 1.82) is 0 Å². The van der Waals surface area contributed by atoms with Crippen LogP contribution in [0.15, 0.2) is 111 Å². The average Bonchev–Trinajstić information content (AvgIpc) is 2.73. The normalized spacial score (nSPS) is 11.3. The van der Waals surface area contributed by atoms with Gasteiger partial charge in [0.2, 0.25) is 0 Å². The second-order valence-corrected chi connectivity index (χ2v) is 15.8. The molecule has 140 valence electrons. The van der Waals surface area contributed by atoms with E-state index in [2.05, 4.69) is 50.6 Å². The molecule has 0 radical (unpaired) electrons. The number of benzene rings is 2. The second kappa shape index (κ2) is 11.1. The molecule has 0 amide bonds. The molecule has 0 aliphatic heterocycles. The van der Waals surface area contributed by atoms with Crippen molar-refractivity contribution in [1.82, 2.24) is 0 Å². The molecule has 0 spiro atoms. The van der Waals surface area contributed by atoms with Gasteiger partial charge >= 0.3 is 169 Å². The summed E-state index contributed by atoms with van der Waals surface area (Å²) < 4.78 is 13.2. The monoisotopic (exact) mass is 468 g/mol. The number of rotatable bonds is 12. The Morgan fingerprint density at radius 1 is 0.630 bits per heavy atom. The van der Waals surface area contributed by atoms with Crippen LogP contribution in [-0.4, -0.2) is 19.2 Å². The van der Waals surface area contributed by atoms with Gasteiger partial charge in [0.05, 0.1) is 0 Å². The van der Waals surface area contributed by atoms with Crippen molar-refractivity contribution in [2.24, 2.45) is 0 Å². The number of hydrogen-bond donors (Lipinski definition) is 0. The van der Waals surface area contributed by atoms with Gasteiger partial charge in [-0.25, -0.2) is 0 Å². The van der Waals surface area contributed by atoms with Gasteiger partial charge in [0, 0.05) is 0 Å². The van der Waals surface area contributed by atoms with Gasteiger partial charge in [0.15, 0.2) is 0 Å². The van der Waals surface area contributed by atoms with Crippen LogP contribution < -0.4 is 0 Å². The van der Waals surface area contributed by atoms with Gasteiger partial charge < -0.3 is 0 Å². The van der Waals surface area contributed by atoms with E-state index in [-0.39, 0.29) is 7.87 Å². The summed E-state index contributed by atoms with van der Waals surface area (Å²) in [7, 11) is 0. The summed E-state index contributed by atoms with van der Waals surface area (Å²) in [6.07, 6.45) is 7.55. The van der Waals surface area contributed by atoms with Crippen LogP contribution in [0.5, 0.6) is 0 Å². The summed E-state index contributed by atoms with van der Waals surface area (Å²) in [6, 6.07) is 20.3. The van der Waals surface area contributed by atoms with Crippen LogP contribution in [0.4, 0.5) is 0 Å². The first-order chi connectivity index (χ1) is 13.2. The fraction of sp³-hybridized carbons (Fsp3) is 0.167. The molecular weight excluding hydrogens is 439 g/mol. The van der Waals surface area contributed by atoms with Gasteiger partial charge in [-0.2, -0.15) is 0 Å². The van der Waals surface area contributed by atoms with Crippen molar-refractivity contribution in [3.8, 4) is 0 Å². The van der Waals surface area contributed by atoms with Crippen molar-refractivity contribution >= 4 is 19.2 Å². The quantitative estimate of drug-likeness (QED) is 0.268. The first-order valence-electron chi connectivity index (χ1n) is 9.06. The summed E-state index contributed by atoms with van der Waals surface area (Å²) in [5.74, 6) is 0. The molecule has 0 fully saturated rings. The molecule has 0 saturated heterocycles. The van der Waals surface area contributed by atoms with Crippen LogP contribution in [0.1, 0.15) is 11.1 Å². The van der Waals surface area contributed by atoms with E-state index in [9.17, 15) is 0 Å². The Bertz CT molecular complexity index is 658. The maximum absolute atomic E-state index is 6.63. The molecule has 0 atom stereocenters. The number of hydrogen-bond acceptors (Lipinski definition) is 2. The third-order valence-corrected chi connectivity index (χ3v) is 16.0. The summed E-state index contributed by atoms with van der Waals surface area (Å²) >= 11 is -3.85. The Hall–Kier alpha value is -1.88. The van der Waals surface area contributed by atoms with E-state index in [1.165, 1.54) is 0 Å². The molecule has 3 heteroatoms. The Kier molecular flexibility index (Phi) is 8.78. The van der Waals surface area contributed by atoms with Crippen molar-refractivity contribution in [2.75, 3.05) is 0 Å². The van der Waals surface area contributed by atoms with E-state index in [0.29, 0.717) is 13.2 Å². The van der Waals surface area contributed by atoms with E-state index in [1.54, 1.807) is 0 Å². The van der Waals surface area contributed by atoms with Crippen LogP contribution in [0, 0.1) is 0 Å². The molecule has 2 nitrogen and oxygen atoms in total. The van der Waals surface area contributed by atoms with Crippen molar-refractivity contribution in [3.05, 3.63) is 122 Å². The Labute approximate surface area is 168 Å². The molecular formula is C24H28O2Sn. The summed E-state index contributed by atoms with van der Waals surface area (Å²) in [5, 5.41) is 0. The van der Waals surface area contributed by atoms with Crippen LogP contribution in [0.3, 0.4) is 0 Å². The fourth-order valence-corrected chi connectivity index (χ4v) is 12.7. The minimum atomic E-state index is -3.85. The van der Waals surface area contributed by atoms with E-state index >= 15 is 0 Å². The predicted molar refractivity (Wildman–Crippen MR) is 117 cm³/mol. The molecule has 27 heavy (non-hydrogen) atoms. The zero-order chi connectivity index (χ0) is 19.5. The van der Waals surface area contributed by atoms with Gasteiger partial charge in [-0.05, 0) is 0 Å². The van der Waals surface area contributed by atoms with Crippen LogP contribution >= 0.6 is 0 Å². The molecule has 2 aromatic carbocycles.